The van der Waals surface area contributed by atoms with Gasteiger partial charge in [0.1, 0.15) is 5.76 Å². The summed E-state index contributed by atoms with van der Waals surface area (Å²) in [6.07, 6.45) is 2.48. The van der Waals surface area contributed by atoms with Crippen molar-refractivity contribution in [2.75, 3.05) is 0 Å². The summed E-state index contributed by atoms with van der Waals surface area (Å²) in [5.74, 6) is 0.846. The van der Waals surface area contributed by atoms with Crippen LogP contribution < -0.4 is 5.73 Å². The summed E-state index contributed by atoms with van der Waals surface area (Å²) in [5.41, 5.74) is 8.60. The Morgan fingerprint density at radius 1 is 1.20 bits per heavy atom. The van der Waals surface area contributed by atoms with Gasteiger partial charge in [-0.1, -0.05) is 24.3 Å². The first-order chi connectivity index (χ1) is 7.27. The predicted octanol–water partition coefficient (Wildman–Crippen LogP) is 2.83. The highest BCUT2D eigenvalue weighted by molar-refractivity contribution is 5.27. The van der Waals surface area contributed by atoms with Crippen LogP contribution in [-0.4, -0.2) is 0 Å². The van der Waals surface area contributed by atoms with Crippen LogP contribution in [0.5, 0.6) is 0 Å². The summed E-state index contributed by atoms with van der Waals surface area (Å²) in [5, 5.41) is 0. The second-order valence-corrected chi connectivity index (χ2v) is 3.75. The van der Waals surface area contributed by atoms with Gasteiger partial charge in [-0.2, -0.15) is 0 Å². The maximum absolute atomic E-state index is 6.05. The molecular weight excluding hydrogens is 186 g/mol. The highest BCUT2D eigenvalue weighted by Crippen LogP contribution is 2.18. The van der Waals surface area contributed by atoms with E-state index in [-0.39, 0.29) is 6.04 Å². The largest absolute Gasteiger partial charge is 0.468 e. The molecule has 1 atom stereocenters. The zero-order chi connectivity index (χ0) is 10.7. The van der Waals surface area contributed by atoms with E-state index in [9.17, 15) is 0 Å². The lowest BCUT2D eigenvalue weighted by molar-refractivity contribution is 0.464. The highest BCUT2D eigenvalue weighted by atomic mass is 16.3. The zero-order valence-electron chi connectivity index (χ0n) is 8.81. The van der Waals surface area contributed by atoms with Crippen LogP contribution >= 0.6 is 0 Å². The molecule has 0 radical (unpaired) electrons. The normalized spacial score (nSPS) is 12.7. The number of nitrogens with two attached hydrogens (primary N) is 1. The first kappa shape index (κ1) is 9.99. The third-order valence-electron chi connectivity index (χ3n) is 2.61. The van der Waals surface area contributed by atoms with E-state index in [4.69, 9.17) is 10.2 Å². The molecule has 1 aromatic carbocycles. The quantitative estimate of drug-likeness (QED) is 0.829. The Balaban J connectivity index is 2.13. The summed E-state index contributed by atoms with van der Waals surface area (Å²) in [6, 6.07) is 12.0. The lowest BCUT2D eigenvalue weighted by Gasteiger charge is -2.10. The molecule has 0 fully saturated rings. The Kier molecular flexibility index (Phi) is 2.88. The summed E-state index contributed by atoms with van der Waals surface area (Å²) in [7, 11) is 0. The van der Waals surface area contributed by atoms with Crippen molar-refractivity contribution in [3.63, 3.8) is 0 Å². The second kappa shape index (κ2) is 4.32. The molecule has 2 heteroatoms. The van der Waals surface area contributed by atoms with Crippen molar-refractivity contribution in [3.05, 3.63) is 59.5 Å². The lowest BCUT2D eigenvalue weighted by Crippen LogP contribution is -2.13. The molecule has 0 amide bonds. The van der Waals surface area contributed by atoms with Crippen LogP contribution in [0.4, 0.5) is 0 Å². The standard InChI is InChI=1S/C13H15NO/c1-10-5-2-3-6-11(10)9-12(14)13-7-4-8-15-13/h2-8,12H,9,14H2,1H3. The average Bonchev–Trinajstić information content (AvgIpc) is 2.74. The molecule has 0 saturated heterocycles. The number of rotatable bonds is 3. The van der Waals surface area contributed by atoms with Crippen molar-refractivity contribution >= 4 is 0 Å². The van der Waals surface area contributed by atoms with E-state index in [0.717, 1.165) is 12.2 Å². The molecule has 1 unspecified atom stereocenters. The fourth-order valence-electron chi connectivity index (χ4n) is 1.68. The zero-order valence-corrected chi connectivity index (χ0v) is 8.81. The molecule has 0 aliphatic rings. The lowest BCUT2D eigenvalue weighted by atomic mass is 10.0. The molecule has 2 nitrogen and oxygen atoms in total. The molecule has 1 aromatic heterocycles. The number of benzene rings is 1. The van der Waals surface area contributed by atoms with Crippen molar-refractivity contribution in [1.29, 1.82) is 0 Å². The van der Waals surface area contributed by atoms with Crippen molar-refractivity contribution in [3.8, 4) is 0 Å². The van der Waals surface area contributed by atoms with E-state index in [0.29, 0.717) is 0 Å². The Bertz CT molecular complexity index is 420. The predicted molar refractivity (Wildman–Crippen MR) is 60.5 cm³/mol. The fraction of sp³-hybridized carbons (Fsp3) is 0.231. The van der Waals surface area contributed by atoms with E-state index < -0.39 is 0 Å². The van der Waals surface area contributed by atoms with Crippen LogP contribution in [0.3, 0.4) is 0 Å². The topological polar surface area (TPSA) is 39.2 Å². The second-order valence-electron chi connectivity index (χ2n) is 3.75. The van der Waals surface area contributed by atoms with Gasteiger partial charge in [-0.3, -0.25) is 0 Å². The molecule has 0 saturated carbocycles. The number of furan rings is 1. The SMILES string of the molecule is Cc1ccccc1CC(N)c1ccco1. The van der Waals surface area contributed by atoms with E-state index in [1.165, 1.54) is 11.1 Å². The van der Waals surface area contributed by atoms with Crippen LogP contribution in [0.15, 0.2) is 47.1 Å². The van der Waals surface area contributed by atoms with Gasteiger partial charge < -0.3 is 10.2 Å². The molecule has 0 spiro atoms. The van der Waals surface area contributed by atoms with Gasteiger partial charge in [0, 0.05) is 0 Å². The van der Waals surface area contributed by atoms with Crippen molar-refractivity contribution in [2.24, 2.45) is 5.73 Å². The Hall–Kier alpha value is -1.54. The monoisotopic (exact) mass is 201 g/mol. The molecule has 0 aliphatic heterocycles. The van der Waals surface area contributed by atoms with Crippen LogP contribution in [0, 0.1) is 6.92 Å². The van der Waals surface area contributed by atoms with E-state index in [2.05, 4.69) is 19.1 Å². The number of hydrogen-bond donors (Lipinski definition) is 1. The molecule has 2 N–H and O–H groups in total. The molecule has 2 rings (SSSR count). The Morgan fingerprint density at radius 2 is 2.00 bits per heavy atom. The highest BCUT2D eigenvalue weighted by Gasteiger charge is 2.10. The maximum atomic E-state index is 6.05. The van der Waals surface area contributed by atoms with Crippen LogP contribution in [0.1, 0.15) is 22.9 Å². The fourth-order valence-corrected chi connectivity index (χ4v) is 1.68. The Labute approximate surface area is 89.7 Å². The van der Waals surface area contributed by atoms with Gasteiger partial charge >= 0.3 is 0 Å². The van der Waals surface area contributed by atoms with Crippen molar-refractivity contribution in [2.45, 2.75) is 19.4 Å². The molecule has 0 aliphatic carbocycles. The van der Waals surface area contributed by atoms with E-state index in [1.54, 1.807) is 6.26 Å². The first-order valence-electron chi connectivity index (χ1n) is 5.11. The first-order valence-corrected chi connectivity index (χ1v) is 5.11. The summed E-state index contributed by atoms with van der Waals surface area (Å²) in [4.78, 5) is 0. The number of aryl methyl sites for hydroxylation is 1. The van der Waals surface area contributed by atoms with Crippen molar-refractivity contribution in [1.82, 2.24) is 0 Å². The molecule has 2 aromatic rings. The smallest absolute Gasteiger partial charge is 0.120 e. The maximum Gasteiger partial charge on any atom is 0.120 e. The van der Waals surface area contributed by atoms with Gasteiger partial charge in [0.15, 0.2) is 0 Å². The van der Waals surface area contributed by atoms with Gasteiger partial charge in [0.25, 0.3) is 0 Å². The minimum atomic E-state index is -0.0545. The van der Waals surface area contributed by atoms with E-state index >= 15 is 0 Å². The van der Waals surface area contributed by atoms with Crippen LogP contribution in [-0.2, 0) is 6.42 Å². The molecule has 78 valence electrons. The minimum absolute atomic E-state index is 0.0545. The molecule has 1 heterocycles. The Morgan fingerprint density at radius 3 is 2.67 bits per heavy atom. The summed E-state index contributed by atoms with van der Waals surface area (Å²) in [6.45, 7) is 2.10. The summed E-state index contributed by atoms with van der Waals surface area (Å²) < 4.78 is 5.28. The third kappa shape index (κ3) is 2.28. The minimum Gasteiger partial charge on any atom is -0.468 e. The molecule has 15 heavy (non-hydrogen) atoms. The van der Waals surface area contributed by atoms with Gasteiger partial charge in [-0.25, -0.2) is 0 Å². The van der Waals surface area contributed by atoms with Crippen LogP contribution in [0.2, 0.25) is 0 Å². The van der Waals surface area contributed by atoms with Crippen LogP contribution in [0.25, 0.3) is 0 Å². The molecular formula is C13H15NO. The third-order valence-corrected chi connectivity index (χ3v) is 2.61. The van der Waals surface area contributed by atoms with Gasteiger partial charge in [-0.05, 0) is 36.6 Å². The van der Waals surface area contributed by atoms with Gasteiger partial charge in [-0.15, -0.1) is 0 Å². The van der Waals surface area contributed by atoms with Crippen molar-refractivity contribution < 1.29 is 4.42 Å². The average molecular weight is 201 g/mol. The van der Waals surface area contributed by atoms with E-state index in [1.807, 2.05) is 24.3 Å². The van der Waals surface area contributed by atoms with Gasteiger partial charge in [0.2, 0.25) is 0 Å². The summed E-state index contributed by atoms with van der Waals surface area (Å²) >= 11 is 0. The molecule has 0 bridgehead atoms. The number of hydrogen-bond acceptors (Lipinski definition) is 2. The van der Waals surface area contributed by atoms with Gasteiger partial charge in [0.05, 0.1) is 12.3 Å².